The molecule has 144 valence electrons. The topological polar surface area (TPSA) is 97.4 Å². The molecule has 1 aromatic rings. The van der Waals surface area contributed by atoms with Gasteiger partial charge in [-0.1, -0.05) is 33.1 Å². The molecule has 1 aromatic heterocycles. The first-order chi connectivity index (χ1) is 12.5. The zero-order chi connectivity index (χ0) is 18.9. The molecule has 0 saturated heterocycles. The van der Waals surface area contributed by atoms with Crippen LogP contribution in [0.1, 0.15) is 58.8 Å². The lowest BCUT2D eigenvalue weighted by Crippen LogP contribution is -2.46. The van der Waals surface area contributed by atoms with E-state index in [1.54, 1.807) is 11.6 Å². The molecule has 2 rings (SSSR count). The fourth-order valence-corrected chi connectivity index (χ4v) is 3.45. The maximum Gasteiger partial charge on any atom is 0.307 e. The fraction of sp³-hybridized carbons (Fsp3) is 0.667. The summed E-state index contributed by atoms with van der Waals surface area (Å²) in [5.41, 5.74) is 0. The third kappa shape index (κ3) is 6.74. The van der Waals surface area contributed by atoms with Gasteiger partial charge in [0.1, 0.15) is 0 Å². The summed E-state index contributed by atoms with van der Waals surface area (Å²) in [5.74, 6) is -1.22. The third-order valence-corrected chi connectivity index (χ3v) is 5.00. The molecule has 1 heterocycles. The Hall–Kier alpha value is -1.96. The standard InChI is InChI=1S/C18H27N3O4S/c1-12(2)16(17(24)20-13-6-4-3-5-7-13)25-15(23)9-8-14(22)21-18-19-10-11-26-18/h10-13,16H,3-9H2,1-2H3,(H,20,24)(H,19,21,22)/t16-/m1/s1. The Morgan fingerprint density at radius 1 is 1.23 bits per heavy atom. The quantitative estimate of drug-likeness (QED) is 0.675. The maximum absolute atomic E-state index is 12.5. The Labute approximate surface area is 157 Å². The number of anilines is 1. The Bertz CT molecular complexity index is 598. The molecular formula is C18H27N3O4S. The number of nitrogens with zero attached hydrogens (tertiary/aromatic N) is 1. The van der Waals surface area contributed by atoms with Crippen LogP contribution in [0.5, 0.6) is 0 Å². The van der Waals surface area contributed by atoms with Crippen molar-refractivity contribution in [1.82, 2.24) is 10.3 Å². The molecule has 0 bridgehead atoms. The summed E-state index contributed by atoms with van der Waals surface area (Å²) in [6.07, 6.45) is 6.07. The van der Waals surface area contributed by atoms with E-state index < -0.39 is 12.1 Å². The molecule has 1 aliphatic carbocycles. The molecule has 8 heteroatoms. The van der Waals surface area contributed by atoms with Crippen molar-refractivity contribution >= 4 is 34.3 Å². The van der Waals surface area contributed by atoms with Crippen LogP contribution in [0.4, 0.5) is 5.13 Å². The molecule has 1 fully saturated rings. The molecule has 1 saturated carbocycles. The van der Waals surface area contributed by atoms with E-state index in [9.17, 15) is 14.4 Å². The second-order valence-corrected chi connectivity index (χ2v) is 7.78. The molecule has 0 unspecified atom stereocenters. The van der Waals surface area contributed by atoms with Gasteiger partial charge in [0, 0.05) is 24.0 Å². The zero-order valence-corrected chi connectivity index (χ0v) is 16.1. The van der Waals surface area contributed by atoms with Crippen molar-refractivity contribution in [3.05, 3.63) is 11.6 Å². The number of amides is 2. The second-order valence-electron chi connectivity index (χ2n) is 6.88. The monoisotopic (exact) mass is 381 g/mol. The summed E-state index contributed by atoms with van der Waals surface area (Å²) in [6, 6.07) is 0.167. The number of hydrogen-bond acceptors (Lipinski definition) is 6. The summed E-state index contributed by atoms with van der Waals surface area (Å²) < 4.78 is 5.36. The van der Waals surface area contributed by atoms with Crippen LogP contribution in [0.3, 0.4) is 0 Å². The fourth-order valence-electron chi connectivity index (χ4n) is 2.91. The average molecular weight is 381 g/mol. The van der Waals surface area contributed by atoms with Crippen LogP contribution in [0.25, 0.3) is 0 Å². The van der Waals surface area contributed by atoms with Crippen molar-refractivity contribution < 1.29 is 19.1 Å². The van der Waals surface area contributed by atoms with E-state index in [-0.39, 0.29) is 36.6 Å². The van der Waals surface area contributed by atoms with Gasteiger partial charge in [0.25, 0.3) is 5.91 Å². The van der Waals surface area contributed by atoms with Gasteiger partial charge in [0.2, 0.25) is 5.91 Å². The first-order valence-corrected chi connectivity index (χ1v) is 10.0. The lowest BCUT2D eigenvalue weighted by Gasteiger charge is -2.27. The van der Waals surface area contributed by atoms with E-state index in [1.165, 1.54) is 17.8 Å². The molecule has 0 aromatic carbocycles. The van der Waals surface area contributed by atoms with Gasteiger partial charge in [0.15, 0.2) is 11.2 Å². The van der Waals surface area contributed by atoms with Gasteiger partial charge in [-0.25, -0.2) is 4.98 Å². The van der Waals surface area contributed by atoms with Crippen LogP contribution in [-0.2, 0) is 19.1 Å². The van der Waals surface area contributed by atoms with E-state index in [2.05, 4.69) is 15.6 Å². The number of hydrogen-bond donors (Lipinski definition) is 2. The number of esters is 1. The maximum atomic E-state index is 12.5. The normalized spacial score (nSPS) is 16.1. The Balaban J connectivity index is 1.77. The molecule has 0 radical (unpaired) electrons. The minimum absolute atomic E-state index is 0.00648. The highest BCUT2D eigenvalue weighted by Gasteiger charge is 2.28. The number of rotatable bonds is 8. The Kier molecular flexibility index (Phi) is 8.03. The van der Waals surface area contributed by atoms with Crippen molar-refractivity contribution in [2.75, 3.05) is 5.32 Å². The highest BCUT2D eigenvalue weighted by atomic mass is 32.1. The molecule has 2 N–H and O–H groups in total. The van der Waals surface area contributed by atoms with Crippen LogP contribution in [-0.4, -0.2) is 34.9 Å². The predicted molar refractivity (Wildman–Crippen MR) is 99.7 cm³/mol. The van der Waals surface area contributed by atoms with E-state index in [1.807, 2.05) is 13.8 Å². The third-order valence-electron chi connectivity index (χ3n) is 4.31. The summed E-state index contributed by atoms with van der Waals surface area (Å²) >= 11 is 1.31. The van der Waals surface area contributed by atoms with Gasteiger partial charge in [-0.05, 0) is 18.8 Å². The van der Waals surface area contributed by atoms with Gasteiger partial charge in [0.05, 0.1) is 6.42 Å². The van der Waals surface area contributed by atoms with Crippen LogP contribution in [0.2, 0.25) is 0 Å². The zero-order valence-electron chi connectivity index (χ0n) is 15.3. The molecule has 0 spiro atoms. The van der Waals surface area contributed by atoms with Crippen LogP contribution < -0.4 is 10.6 Å². The summed E-state index contributed by atoms with van der Waals surface area (Å²) in [5, 5.41) is 7.86. The van der Waals surface area contributed by atoms with E-state index in [4.69, 9.17) is 4.74 Å². The molecule has 26 heavy (non-hydrogen) atoms. The number of thiazole rings is 1. The van der Waals surface area contributed by atoms with Crippen molar-refractivity contribution in [1.29, 1.82) is 0 Å². The number of carbonyl (C=O) groups is 3. The van der Waals surface area contributed by atoms with Gasteiger partial charge in [-0.3, -0.25) is 14.4 Å². The van der Waals surface area contributed by atoms with Crippen molar-refractivity contribution in [3.8, 4) is 0 Å². The average Bonchev–Trinajstić information content (AvgIpc) is 3.11. The Morgan fingerprint density at radius 2 is 1.96 bits per heavy atom. The lowest BCUT2D eigenvalue weighted by molar-refractivity contribution is -0.159. The van der Waals surface area contributed by atoms with Crippen molar-refractivity contribution in [2.24, 2.45) is 5.92 Å². The largest absolute Gasteiger partial charge is 0.452 e. The van der Waals surface area contributed by atoms with Crippen LogP contribution in [0, 0.1) is 5.92 Å². The molecule has 1 aliphatic rings. The number of nitrogens with one attached hydrogen (secondary N) is 2. The summed E-state index contributed by atoms with van der Waals surface area (Å²) in [7, 11) is 0. The lowest BCUT2D eigenvalue weighted by atomic mass is 9.95. The molecule has 0 aliphatic heterocycles. The number of carbonyl (C=O) groups excluding carboxylic acids is 3. The minimum atomic E-state index is -0.827. The SMILES string of the molecule is CC(C)[C@@H](OC(=O)CCC(=O)Nc1nccs1)C(=O)NC1CCCCC1. The summed E-state index contributed by atoms with van der Waals surface area (Å²) in [4.78, 5) is 40.3. The Morgan fingerprint density at radius 3 is 2.58 bits per heavy atom. The van der Waals surface area contributed by atoms with E-state index in [0.29, 0.717) is 5.13 Å². The highest BCUT2D eigenvalue weighted by Crippen LogP contribution is 2.18. The number of aromatic nitrogens is 1. The van der Waals surface area contributed by atoms with Gasteiger partial charge >= 0.3 is 5.97 Å². The van der Waals surface area contributed by atoms with Crippen LogP contribution >= 0.6 is 11.3 Å². The summed E-state index contributed by atoms with van der Waals surface area (Å²) in [6.45, 7) is 3.68. The first-order valence-electron chi connectivity index (χ1n) is 9.15. The predicted octanol–water partition coefficient (Wildman–Crippen LogP) is 2.88. The van der Waals surface area contributed by atoms with Crippen molar-refractivity contribution in [3.63, 3.8) is 0 Å². The molecular weight excluding hydrogens is 354 g/mol. The highest BCUT2D eigenvalue weighted by molar-refractivity contribution is 7.13. The van der Waals surface area contributed by atoms with Gasteiger partial charge in [-0.2, -0.15) is 0 Å². The van der Waals surface area contributed by atoms with E-state index in [0.717, 1.165) is 25.7 Å². The molecule has 2 amide bonds. The molecule has 1 atom stereocenters. The van der Waals surface area contributed by atoms with Crippen molar-refractivity contribution in [2.45, 2.75) is 70.9 Å². The minimum Gasteiger partial charge on any atom is -0.452 e. The van der Waals surface area contributed by atoms with Gasteiger partial charge in [-0.15, -0.1) is 11.3 Å². The van der Waals surface area contributed by atoms with Crippen LogP contribution in [0.15, 0.2) is 11.6 Å². The van der Waals surface area contributed by atoms with E-state index >= 15 is 0 Å². The number of ether oxygens (including phenoxy) is 1. The smallest absolute Gasteiger partial charge is 0.307 e. The molecule has 7 nitrogen and oxygen atoms in total. The van der Waals surface area contributed by atoms with Gasteiger partial charge < -0.3 is 15.4 Å². The second kappa shape index (κ2) is 10.3. The first kappa shape index (κ1) is 20.4.